The molecule has 0 unspecified atom stereocenters. The molecule has 3 heterocycles. The number of hydrogen-bond acceptors (Lipinski definition) is 5. The zero-order valence-corrected chi connectivity index (χ0v) is 16.6. The van der Waals surface area contributed by atoms with Crippen LogP contribution in [0.25, 0.3) is 0 Å². The summed E-state index contributed by atoms with van der Waals surface area (Å²) in [6.07, 6.45) is 1.45. The summed E-state index contributed by atoms with van der Waals surface area (Å²) in [7, 11) is -3.65. The lowest BCUT2D eigenvalue weighted by Gasteiger charge is -2.38. The first kappa shape index (κ1) is 19.0. The summed E-state index contributed by atoms with van der Waals surface area (Å²) in [4.78, 5) is 20.3. The van der Waals surface area contributed by atoms with E-state index >= 15 is 0 Å². The molecule has 28 heavy (non-hydrogen) atoms. The van der Waals surface area contributed by atoms with Gasteiger partial charge in [0.25, 0.3) is 10.0 Å². The van der Waals surface area contributed by atoms with Crippen LogP contribution in [-0.2, 0) is 10.0 Å². The van der Waals surface area contributed by atoms with Crippen LogP contribution in [0.2, 0.25) is 5.02 Å². The molecule has 1 saturated heterocycles. The molecule has 0 bridgehead atoms. The monoisotopic (exact) mass is 422 g/mol. The number of benzene rings is 1. The Morgan fingerprint density at radius 3 is 2.57 bits per heavy atom. The lowest BCUT2D eigenvalue weighted by molar-refractivity contribution is 0.175. The van der Waals surface area contributed by atoms with E-state index in [4.69, 9.17) is 16.3 Å². The smallest absolute Gasteiger partial charge is 0.324 e. The van der Waals surface area contributed by atoms with Crippen LogP contribution in [-0.4, -0.2) is 68.0 Å². The molecule has 0 saturated carbocycles. The van der Waals surface area contributed by atoms with Gasteiger partial charge in [-0.05, 0) is 24.3 Å². The number of amides is 2. The number of aromatic nitrogens is 1. The van der Waals surface area contributed by atoms with E-state index in [9.17, 15) is 13.2 Å². The van der Waals surface area contributed by atoms with Gasteiger partial charge in [0.1, 0.15) is 12.4 Å². The van der Waals surface area contributed by atoms with Crippen LogP contribution in [0.5, 0.6) is 5.75 Å². The van der Waals surface area contributed by atoms with Crippen molar-refractivity contribution in [1.29, 1.82) is 0 Å². The van der Waals surface area contributed by atoms with Crippen molar-refractivity contribution in [3.8, 4) is 5.75 Å². The average molecular weight is 423 g/mol. The van der Waals surface area contributed by atoms with Crippen LogP contribution >= 0.6 is 11.6 Å². The molecule has 1 aromatic carbocycles. The fourth-order valence-corrected chi connectivity index (χ4v) is 4.83. The van der Waals surface area contributed by atoms with Crippen LogP contribution in [0, 0.1) is 0 Å². The number of fused-ring (bicyclic) bond motifs is 1. The number of halogens is 1. The van der Waals surface area contributed by atoms with Crippen LogP contribution in [0.1, 0.15) is 0 Å². The number of rotatable bonds is 2. The van der Waals surface area contributed by atoms with E-state index in [2.05, 4.69) is 4.98 Å². The first-order valence-electron chi connectivity index (χ1n) is 8.87. The van der Waals surface area contributed by atoms with Crippen molar-refractivity contribution in [1.82, 2.24) is 14.2 Å². The highest BCUT2D eigenvalue weighted by molar-refractivity contribution is 7.89. The minimum Gasteiger partial charge on any atom is -0.489 e. The molecule has 2 amide bonds. The molecule has 0 atom stereocenters. The van der Waals surface area contributed by atoms with Gasteiger partial charge in [-0.1, -0.05) is 17.7 Å². The number of carbonyl (C=O) groups excluding carboxylic acids is 1. The molecule has 0 radical (unpaired) electrons. The van der Waals surface area contributed by atoms with E-state index in [1.807, 2.05) is 0 Å². The summed E-state index contributed by atoms with van der Waals surface area (Å²) in [5.41, 5.74) is 0.671. The second kappa shape index (κ2) is 7.57. The number of hydrogen-bond donors (Lipinski definition) is 0. The zero-order chi connectivity index (χ0) is 19.7. The summed E-state index contributed by atoms with van der Waals surface area (Å²) in [6, 6.07) is 9.78. The lowest BCUT2D eigenvalue weighted by atomic mass is 10.2. The summed E-state index contributed by atoms with van der Waals surface area (Å²) in [6.45, 7) is 1.88. The molecule has 0 spiro atoms. The number of ether oxygens (including phenoxy) is 1. The maximum atomic E-state index is 13.0. The van der Waals surface area contributed by atoms with Gasteiger partial charge in [-0.3, -0.25) is 4.90 Å². The van der Waals surface area contributed by atoms with Gasteiger partial charge in [-0.15, -0.1) is 0 Å². The quantitative estimate of drug-likeness (QED) is 0.739. The third-order valence-corrected chi connectivity index (χ3v) is 6.82. The number of piperazine rings is 1. The zero-order valence-electron chi connectivity index (χ0n) is 15.0. The van der Waals surface area contributed by atoms with E-state index in [0.717, 1.165) is 0 Å². The maximum Gasteiger partial charge on any atom is 0.324 e. The number of sulfonamides is 1. The first-order chi connectivity index (χ1) is 13.5. The Morgan fingerprint density at radius 1 is 1.07 bits per heavy atom. The Balaban J connectivity index is 1.46. The van der Waals surface area contributed by atoms with Crippen molar-refractivity contribution in [2.45, 2.75) is 5.03 Å². The van der Waals surface area contributed by atoms with Gasteiger partial charge >= 0.3 is 6.03 Å². The van der Waals surface area contributed by atoms with Crippen LogP contribution in [0.3, 0.4) is 0 Å². The predicted molar refractivity (Wildman–Crippen MR) is 104 cm³/mol. The van der Waals surface area contributed by atoms with Crippen LogP contribution in [0.15, 0.2) is 47.6 Å². The molecule has 0 aliphatic carbocycles. The van der Waals surface area contributed by atoms with E-state index in [0.29, 0.717) is 42.7 Å². The number of pyridine rings is 1. The van der Waals surface area contributed by atoms with Crippen LogP contribution < -0.4 is 9.64 Å². The van der Waals surface area contributed by atoms with Gasteiger partial charge in [-0.2, -0.15) is 4.31 Å². The van der Waals surface area contributed by atoms with Gasteiger partial charge in [0.15, 0.2) is 5.03 Å². The van der Waals surface area contributed by atoms with Gasteiger partial charge in [0.2, 0.25) is 0 Å². The molecule has 0 N–H and O–H groups in total. The topological polar surface area (TPSA) is 83.1 Å². The van der Waals surface area contributed by atoms with E-state index in [1.165, 1.54) is 16.6 Å². The van der Waals surface area contributed by atoms with Gasteiger partial charge < -0.3 is 9.64 Å². The molecule has 10 heteroatoms. The summed E-state index contributed by atoms with van der Waals surface area (Å²) >= 11 is 6.00. The highest BCUT2D eigenvalue weighted by atomic mass is 35.5. The van der Waals surface area contributed by atoms with Crippen molar-refractivity contribution >= 4 is 33.3 Å². The minimum absolute atomic E-state index is 0.0220. The van der Waals surface area contributed by atoms with Crippen molar-refractivity contribution in [3.05, 3.63) is 47.6 Å². The normalized spacial score (nSPS) is 17.8. The van der Waals surface area contributed by atoms with E-state index in [1.54, 1.807) is 40.1 Å². The highest BCUT2D eigenvalue weighted by Gasteiger charge is 2.34. The summed E-state index contributed by atoms with van der Waals surface area (Å²) < 4.78 is 32.3. The fraction of sp³-hybridized carbons (Fsp3) is 0.333. The number of urea groups is 1. The van der Waals surface area contributed by atoms with Crippen molar-refractivity contribution in [2.75, 3.05) is 44.2 Å². The first-order valence-corrected chi connectivity index (χ1v) is 10.7. The van der Waals surface area contributed by atoms with Gasteiger partial charge in [0.05, 0.1) is 12.2 Å². The maximum absolute atomic E-state index is 13.0. The van der Waals surface area contributed by atoms with Gasteiger partial charge in [0, 0.05) is 43.5 Å². The lowest BCUT2D eigenvalue weighted by Crippen LogP contribution is -2.55. The van der Waals surface area contributed by atoms with E-state index in [-0.39, 0.29) is 24.1 Å². The second-order valence-corrected chi connectivity index (χ2v) is 8.78. The Labute approximate surface area is 168 Å². The van der Waals surface area contributed by atoms with Crippen LogP contribution in [0.4, 0.5) is 10.5 Å². The van der Waals surface area contributed by atoms with Gasteiger partial charge in [-0.25, -0.2) is 18.2 Å². The Kier molecular flexibility index (Phi) is 5.13. The molecule has 2 aliphatic heterocycles. The molecular weight excluding hydrogens is 404 g/mol. The highest BCUT2D eigenvalue weighted by Crippen LogP contribution is 2.34. The number of anilines is 1. The fourth-order valence-electron chi connectivity index (χ4n) is 3.31. The number of carbonyl (C=O) groups is 1. The molecule has 1 aromatic heterocycles. The molecule has 4 rings (SSSR count). The predicted octanol–water partition coefficient (Wildman–Crippen LogP) is 2.06. The second-order valence-electron chi connectivity index (χ2n) is 6.45. The Morgan fingerprint density at radius 2 is 1.86 bits per heavy atom. The summed E-state index contributed by atoms with van der Waals surface area (Å²) in [5, 5.41) is 0.565. The molecule has 1 fully saturated rings. The molecular formula is C18H19ClN4O4S. The van der Waals surface area contributed by atoms with Crippen molar-refractivity contribution in [2.24, 2.45) is 0 Å². The largest absolute Gasteiger partial charge is 0.489 e. The Hall–Kier alpha value is -2.36. The molecule has 8 nitrogen and oxygen atoms in total. The summed E-state index contributed by atoms with van der Waals surface area (Å²) in [5.74, 6) is 0.573. The third-order valence-electron chi connectivity index (χ3n) is 4.77. The minimum atomic E-state index is -3.65. The molecule has 2 aliphatic rings. The standard InChI is InChI=1S/C18H19ClN4O4S/c19-14-4-5-15-16(13-14)27-12-11-23(15)18(24)21-7-9-22(10-8-21)28(25,26)17-3-1-2-6-20-17/h1-6,13H,7-12H2. The molecule has 2 aromatic rings. The third kappa shape index (κ3) is 3.52. The van der Waals surface area contributed by atoms with Crippen molar-refractivity contribution < 1.29 is 17.9 Å². The van der Waals surface area contributed by atoms with Crippen molar-refractivity contribution in [3.63, 3.8) is 0 Å². The number of nitrogens with zero attached hydrogens (tertiary/aromatic N) is 4. The Bertz CT molecular complexity index is 978. The average Bonchev–Trinajstić information content (AvgIpc) is 2.73. The molecule has 148 valence electrons. The SMILES string of the molecule is O=C(N1CCN(S(=O)(=O)c2ccccn2)CC1)N1CCOc2cc(Cl)ccc21. The van der Waals surface area contributed by atoms with E-state index < -0.39 is 10.0 Å².